The molecule has 0 saturated heterocycles. The first-order valence-electron chi connectivity index (χ1n) is 14.8. The molecule has 198 valence electrons. The molecule has 1 heterocycles. The van der Waals surface area contributed by atoms with Crippen LogP contribution in [0, 0.1) is 5.92 Å². The topological polar surface area (TPSA) is 46.9 Å². The maximum atomic E-state index is 11.9. The van der Waals surface area contributed by atoms with Crippen molar-refractivity contribution in [2.75, 3.05) is 6.54 Å². The smallest absolute Gasteiger partial charge is 0.222 e. The predicted octanol–water partition coefficient (Wildman–Crippen LogP) is 8.61. The molecule has 0 spiro atoms. The Balaban J connectivity index is 1.55. The molecule has 0 saturated carbocycles. The van der Waals surface area contributed by atoms with Gasteiger partial charge in [0.1, 0.15) is 5.82 Å². The fraction of sp³-hybridized carbons (Fsp3) is 0.742. The number of hydrogen-bond acceptors (Lipinski definition) is 2. The van der Waals surface area contributed by atoms with Crippen LogP contribution in [-0.2, 0) is 17.8 Å². The molecule has 0 aliphatic rings. The number of hydrogen-bond donors (Lipinski definition) is 1. The Kier molecular flexibility index (Phi) is 15.5. The minimum Gasteiger partial charge on any atom is -0.355 e. The fourth-order valence-corrected chi connectivity index (χ4v) is 4.89. The molecule has 4 heteroatoms. The van der Waals surface area contributed by atoms with E-state index in [0.29, 0.717) is 6.54 Å². The number of benzene rings is 1. The lowest BCUT2D eigenvalue weighted by atomic mass is 10.0. The number of carbonyl (C=O) groups is 1. The van der Waals surface area contributed by atoms with Crippen LogP contribution >= 0.6 is 0 Å². The van der Waals surface area contributed by atoms with Gasteiger partial charge in [0, 0.05) is 25.4 Å². The van der Waals surface area contributed by atoms with E-state index < -0.39 is 0 Å². The first kappa shape index (κ1) is 29.4. The predicted molar refractivity (Wildman–Crippen MR) is 151 cm³/mol. The molecule has 0 aliphatic heterocycles. The third kappa shape index (κ3) is 12.1. The first-order chi connectivity index (χ1) is 17.1. The fourth-order valence-electron chi connectivity index (χ4n) is 4.89. The van der Waals surface area contributed by atoms with Gasteiger partial charge in [0.25, 0.3) is 0 Å². The van der Waals surface area contributed by atoms with Crippen molar-refractivity contribution >= 4 is 16.9 Å². The summed E-state index contributed by atoms with van der Waals surface area (Å²) in [7, 11) is 0. The molecule has 0 atom stereocenters. The quantitative estimate of drug-likeness (QED) is 0.181. The molecular weight excluding hydrogens is 430 g/mol. The lowest BCUT2D eigenvalue weighted by Gasteiger charge is -2.11. The minimum atomic E-state index is 0.0268. The maximum Gasteiger partial charge on any atom is 0.222 e. The Bertz CT molecular complexity index is 811. The van der Waals surface area contributed by atoms with E-state index in [1.807, 2.05) is 13.8 Å². The van der Waals surface area contributed by atoms with Crippen LogP contribution in [0.2, 0.25) is 0 Å². The third-order valence-electron chi connectivity index (χ3n) is 7.14. The van der Waals surface area contributed by atoms with Gasteiger partial charge in [-0.3, -0.25) is 4.79 Å². The van der Waals surface area contributed by atoms with E-state index in [2.05, 4.69) is 41.1 Å². The molecule has 2 aromatic rings. The number of amides is 1. The van der Waals surface area contributed by atoms with Crippen LogP contribution in [0.4, 0.5) is 0 Å². The normalized spacial score (nSPS) is 11.5. The number of nitrogens with one attached hydrogen (secondary N) is 1. The van der Waals surface area contributed by atoms with Crippen molar-refractivity contribution in [2.45, 2.75) is 136 Å². The Morgan fingerprint density at radius 2 is 1.31 bits per heavy atom. The molecular formula is C31H53N3O. The number of aromatic nitrogens is 2. The highest BCUT2D eigenvalue weighted by Gasteiger charge is 2.11. The standard InChI is InChI=1S/C31H53N3O/c1-4-5-6-7-8-9-10-11-12-13-14-15-16-17-18-21-26-34-29-23-20-19-22-28(29)33-30(34)24-25-32-31(35)27(2)3/h19-20,22-23,27H,4-18,21,24-26H2,1-3H3,(H,32,35). The van der Waals surface area contributed by atoms with Crippen LogP contribution in [0.25, 0.3) is 11.0 Å². The van der Waals surface area contributed by atoms with Crippen LogP contribution in [0.5, 0.6) is 0 Å². The van der Waals surface area contributed by atoms with Crippen molar-refractivity contribution in [1.29, 1.82) is 0 Å². The van der Waals surface area contributed by atoms with E-state index in [1.165, 1.54) is 108 Å². The van der Waals surface area contributed by atoms with Crippen LogP contribution in [-0.4, -0.2) is 22.0 Å². The Morgan fingerprint density at radius 3 is 1.86 bits per heavy atom. The highest BCUT2D eigenvalue weighted by Crippen LogP contribution is 2.19. The molecule has 0 bridgehead atoms. The number of fused-ring (bicyclic) bond motifs is 1. The summed E-state index contributed by atoms with van der Waals surface area (Å²) in [6.07, 6.45) is 23.1. The van der Waals surface area contributed by atoms with Gasteiger partial charge in [0.15, 0.2) is 0 Å². The van der Waals surface area contributed by atoms with E-state index >= 15 is 0 Å². The highest BCUT2D eigenvalue weighted by atomic mass is 16.1. The summed E-state index contributed by atoms with van der Waals surface area (Å²) in [4.78, 5) is 16.7. The summed E-state index contributed by atoms with van der Waals surface area (Å²) < 4.78 is 2.38. The van der Waals surface area contributed by atoms with Gasteiger partial charge in [-0.05, 0) is 18.6 Å². The molecule has 1 aromatic heterocycles. The van der Waals surface area contributed by atoms with Crippen LogP contribution in [0.3, 0.4) is 0 Å². The summed E-state index contributed by atoms with van der Waals surface area (Å²) in [6.45, 7) is 7.83. The number of aryl methyl sites for hydroxylation is 1. The molecule has 0 fully saturated rings. The van der Waals surface area contributed by atoms with Crippen molar-refractivity contribution in [3.8, 4) is 0 Å². The molecule has 1 amide bonds. The van der Waals surface area contributed by atoms with E-state index in [9.17, 15) is 4.79 Å². The number of carbonyl (C=O) groups excluding carboxylic acids is 1. The number of para-hydroxylation sites is 2. The Morgan fingerprint density at radius 1 is 0.800 bits per heavy atom. The number of rotatable bonds is 21. The van der Waals surface area contributed by atoms with Gasteiger partial charge in [-0.15, -0.1) is 0 Å². The largest absolute Gasteiger partial charge is 0.355 e. The van der Waals surface area contributed by atoms with Gasteiger partial charge >= 0.3 is 0 Å². The minimum absolute atomic E-state index is 0.0268. The van der Waals surface area contributed by atoms with Gasteiger partial charge in [0.2, 0.25) is 5.91 Å². The SMILES string of the molecule is CCCCCCCCCCCCCCCCCCn1c(CCNC(=O)C(C)C)nc2ccccc21. The second kappa shape index (κ2) is 18.4. The maximum absolute atomic E-state index is 11.9. The zero-order valence-electron chi connectivity index (χ0n) is 23.1. The first-order valence-corrected chi connectivity index (χ1v) is 14.8. The Labute approximate surface area is 215 Å². The summed E-state index contributed by atoms with van der Waals surface area (Å²) in [5.41, 5.74) is 2.29. The summed E-state index contributed by atoms with van der Waals surface area (Å²) in [5.74, 6) is 1.24. The van der Waals surface area contributed by atoms with Gasteiger partial charge in [0.05, 0.1) is 11.0 Å². The molecule has 1 N–H and O–H groups in total. The van der Waals surface area contributed by atoms with E-state index in [0.717, 1.165) is 24.3 Å². The van der Waals surface area contributed by atoms with Crippen LogP contribution in [0.15, 0.2) is 24.3 Å². The summed E-state index contributed by atoms with van der Waals surface area (Å²) in [6, 6.07) is 8.41. The number of imidazole rings is 1. The van der Waals surface area contributed by atoms with Gasteiger partial charge in [-0.25, -0.2) is 4.98 Å². The monoisotopic (exact) mass is 483 g/mol. The van der Waals surface area contributed by atoms with Crippen LogP contribution in [0.1, 0.15) is 129 Å². The van der Waals surface area contributed by atoms with Crippen molar-refractivity contribution in [3.63, 3.8) is 0 Å². The summed E-state index contributed by atoms with van der Waals surface area (Å²) >= 11 is 0. The third-order valence-corrected chi connectivity index (χ3v) is 7.14. The summed E-state index contributed by atoms with van der Waals surface area (Å²) in [5, 5.41) is 3.03. The zero-order chi connectivity index (χ0) is 25.1. The van der Waals surface area contributed by atoms with E-state index in [1.54, 1.807) is 0 Å². The van der Waals surface area contributed by atoms with Crippen molar-refractivity contribution in [2.24, 2.45) is 5.92 Å². The lowest BCUT2D eigenvalue weighted by molar-refractivity contribution is -0.123. The lowest BCUT2D eigenvalue weighted by Crippen LogP contribution is -2.30. The van der Waals surface area contributed by atoms with E-state index in [-0.39, 0.29) is 11.8 Å². The van der Waals surface area contributed by atoms with Gasteiger partial charge in [-0.2, -0.15) is 0 Å². The highest BCUT2D eigenvalue weighted by molar-refractivity contribution is 5.78. The second-order valence-electron chi connectivity index (χ2n) is 10.7. The molecule has 1 aromatic carbocycles. The molecule has 4 nitrogen and oxygen atoms in total. The van der Waals surface area contributed by atoms with E-state index in [4.69, 9.17) is 4.98 Å². The van der Waals surface area contributed by atoms with Gasteiger partial charge in [-0.1, -0.05) is 129 Å². The van der Waals surface area contributed by atoms with Crippen LogP contribution < -0.4 is 5.32 Å². The molecule has 35 heavy (non-hydrogen) atoms. The zero-order valence-corrected chi connectivity index (χ0v) is 23.1. The average molecular weight is 484 g/mol. The van der Waals surface area contributed by atoms with Crippen molar-refractivity contribution in [3.05, 3.63) is 30.1 Å². The molecule has 0 radical (unpaired) electrons. The molecule has 2 rings (SSSR count). The van der Waals surface area contributed by atoms with Crippen molar-refractivity contribution in [1.82, 2.24) is 14.9 Å². The van der Waals surface area contributed by atoms with Gasteiger partial charge < -0.3 is 9.88 Å². The molecule has 0 unspecified atom stereocenters. The molecule has 0 aliphatic carbocycles. The Hall–Kier alpha value is -1.84. The second-order valence-corrected chi connectivity index (χ2v) is 10.7. The van der Waals surface area contributed by atoms with Crippen molar-refractivity contribution < 1.29 is 4.79 Å². The average Bonchev–Trinajstić information content (AvgIpc) is 3.21. The number of nitrogens with zero attached hydrogens (tertiary/aromatic N) is 2. The number of unbranched alkanes of at least 4 members (excludes halogenated alkanes) is 15.